The zero-order valence-electron chi connectivity index (χ0n) is 12.6. The van der Waals surface area contributed by atoms with E-state index in [1.54, 1.807) is 11.3 Å². The lowest BCUT2D eigenvalue weighted by Gasteiger charge is -2.21. The molecule has 2 heterocycles. The molecule has 0 fully saturated rings. The van der Waals surface area contributed by atoms with E-state index in [4.69, 9.17) is 0 Å². The largest absolute Gasteiger partial charge is 0.357 e. The second kappa shape index (κ2) is 5.33. The number of rotatable bonds is 3. The average molecular weight is 298 g/mol. The van der Waals surface area contributed by atoms with E-state index < -0.39 is 0 Å². The van der Waals surface area contributed by atoms with Gasteiger partial charge in [-0.2, -0.15) is 4.98 Å². The molecule has 0 aliphatic heterocycles. The van der Waals surface area contributed by atoms with Crippen molar-refractivity contribution in [2.75, 3.05) is 24.3 Å². The Morgan fingerprint density at radius 2 is 1.81 bits per heavy atom. The molecule has 0 aliphatic rings. The van der Waals surface area contributed by atoms with Crippen molar-refractivity contribution in [1.29, 1.82) is 0 Å². The summed E-state index contributed by atoms with van der Waals surface area (Å²) in [7, 11) is 3.89. The number of hydrogen-bond acceptors (Lipinski definition) is 5. The van der Waals surface area contributed by atoms with Crippen molar-refractivity contribution < 1.29 is 0 Å². The van der Waals surface area contributed by atoms with Crippen molar-refractivity contribution in [3.63, 3.8) is 0 Å². The highest BCUT2D eigenvalue weighted by Gasteiger charge is 2.14. The molecule has 0 radical (unpaired) electrons. The van der Waals surface area contributed by atoms with E-state index in [-0.39, 0.29) is 0 Å². The van der Waals surface area contributed by atoms with E-state index in [2.05, 4.69) is 63.7 Å². The monoisotopic (exact) mass is 298 g/mol. The number of fused-ring (bicyclic) bond motifs is 1. The van der Waals surface area contributed by atoms with Crippen LogP contribution in [0.15, 0.2) is 29.6 Å². The SMILES string of the molecule is CNc1nc(N(C)c2cc(C)cc(C)c2)c2ccsc2n1. The Bertz CT molecular complexity index is 774. The van der Waals surface area contributed by atoms with Gasteiger partial charge in [0, 0.05) is 19.8 Å². The molecule has 1 N–H and O–H groups in total. The highest BCUT2D eigenvalue weighted by Crippen LogP contribution is 2.32. The fourth-order valence-corrected chi connectivity index (χ4v) is 3.23. The molecular formula is C16H18N4S. The quantitative estimate of drug-likeness (QED) is 0.790. The van der Waals surface area contributed by atoms with E-state index in [0.29, 0.717) is 5.95 Å². The minimum atomic E-state index is 0.649. The number of nitrogens with one attached hydrogen (secondary N) is 1. The Morgan fingerprint density at radius 3 is 2.48 bits per heavy atom. The molecule has 21 heavy (non-hydrogen) atoms. The molecule has 3 rings (SSSR count). The van der Waals surface area contributed by atoms with Crippen LogP contribution in [0.5, 0.6) is 0 Å². The maximum Gasteiger partial charge on any atom is 0.225 e. The third-order valence-corrected chi connectivity index (χ3v) is 4.25. The zero-order valence-corrected chi connectivity index (χ0v) is 13.5. The summed E-state index contributed by atoms with van der Waals surface area (Å²) in [6.07, 6.45) is 0. The van der Waals surface area contributed by atoms with Crippen molar-refractivity contribution in [3.05, 3.63) is 40.8 Å². The molecule has 4 nitrogen and oxygen atoms in total. The third-order valence-electron chi connectivity index (χ3n) is 3.44. The van der Waals surface area contributed by atoms with Crippen LogP contribution in [0.3, 0.4) is 0 Å². The molecule has 0 saturated carbocycles. The van der Waals surface area contributed by atoms with E-state index in [1.807, 2.05) is 14.1 Å². The molecule has 0 unspecified atom stereocenters. The van der Waals surface area contributed by atoms with Gasteiger partial charge in [0.2, 0.25) is 5.95 Å². The van der Waals surface area contributed by atoms with Crippen LogP contribution in [0.1, 0.15) is 11.1 Å². The van der Waals surface area contributed by atoms with Gasteiger partial charge >= 0.3 is 0 Å². The standard InChI is InChI=1S/C16H18N4S/c1-10-7-11(2)9-12(8-10)20(4)14-13-5-6-21-15(13)19-16(17-3)18-14/h5-9H,1-4H3,(H,17,18,19). The lowest BCUT2D eigenvalue weighted by Crippen LogP contribution is -2.13. The number of benzene rings is 1. The van der Waals surface area contributed by atoms with Crippen molar-refractivity contribution in [3.8, 4) is 0 Å². The summed E-state index contributed by atoms with van der Waals surface area (Å²) in [6, 6.07) is 8.60. The van der Waals surface area contributed by atoms with Crippen LogP contribution >= 0.6 is 11.3 Å². The second-order valence-corrected chi connectivity index (χ2v) is 6.06. The number of nitrogens with zero attached hydrogens (tertiary/aromatic N) is 3. The van der Waals surface area contributed by atoms with Crippen LogP contribution in [0.25, 0.3) is 10.2 Å². The smallest absolute Gasteiger partial charge is 0.225 e. The molecule has 2 aromatic heterocycles. The van der Waals surface area contributed by atoms with E-state index >= 15 is 0 Å². The fourth-order valence-electron chi connectivity index (χ4n) is 2.47. The van der Waals surface area contributed by atoms with Gasteiger partial charge in [0.25, 0.3) is 0 Å². The van der Waals surface area contributed by atoms with Gasteiger partial charge < -0.3 is 10.2 Å². The van der Waals surface area contributed by atoms with Crippen LogP contribution in [0, 0.1) is 13.8 Å². The predicted octanol–water partition coefficient (Wildman–Crippen LogP) is 4.12. The first-order valence-electron chi connectivity index (χ1n) is 6.83. The summed E-state index contributed by atoms with van der Waals surface area (Å²) < 4.78 is 0. The molecular weight excluding hydrogens is 280 g/mol. The first-order valence-corrected chi connectivity index (χ1v) is 7.71. The average Bonchev–Trinajstić information content (AvgIpc) is 2.92. The summed E-state index contributed by atoms with van der Waals surface area (Å²) >= 11 is 1.63. The van der Waals surface area contributed by atoms with Crippen molar-refractivity contribution in [1.82, 2.24) is 9.97 Å². The van der Waals surface area contributed by atoms with Gasteiger partial charge in [-0.25, -0.2) is 4.98 Å². The Kier molecular flexibility index (Phi) is 3.51. The second-order valence-electron chi connectivity index (χ2n) is 5.17. The van der Waals surface area contributed by atoms with Crippen molar-refractivity contribution in [2.24, 2.45) is 0 Å². The predicted molar refractivity (Wildman–Crippen MR) is 90.9 cm³/mol. The normalized spacial score (nSPS) is 10.9. The minimum absolute atomic E-state index is 0.649. The highest BCUT2D eigenvalue weighted by molar-refractivity contribution is 7.16. The van der Waals surface area contributed by atoms with Crippen molar-refractivity contribution >= 4 is 39.0 Å². The van der Waals surface area contributed by atoms with Crippen LogP contribution in [-0.4, -0.2) is 24.1 Å². The lowest BCUT2D eigenvalue weighted by atomic mass is 10.1. The third kappa shape index (κ3) is 2.56. The summed E-state index contributed by atoms with van der Waals surface area (Å²) in [4.78, 5) is 12.3. The Morgan fingerprint density at radius 1 is 1.10 bits per heavy atom. The molecule has 3 aromatic rings. The molecule has 108 valence electrons. The van der Waals surface area contributed by atoms with Crippen LogP contribution < -0.4 is 10.2 Å². The Balaban J connectivity index is 2.16. The fraction of sp³-hybridized carbons (Fsp3) is 0.250. The summed E-state index contributed by atoms with van der Waals surface area (Å²) in [6.45, 7) is 4.23. The van der Waals surface area contributed by atoms with Gasteiger partial charge in [-0.3, -0.25) is 0 Å². The molecule has 0 atom stereocenters. The lowest BCUT2D eigenvalue weighted by molar-refractivity contribution is 1.11. The minimum Gasteiger partial charge on any atom is -0.357 e. The Hall–Kier alpha value is -2.14. The van der Waals surface area contributed by atoms with Crippen LogP contribution in [0.2, 0.25) is 0 Å². The van der Waals surface area contributed by atoms with Gasteiger partial charge in [-0.1, -0.05) is 6.07 Å². The number of anilines is 3. The molecule has 0 amide bonds. The molecule has 0 saturated heterocycles. The number of aromatic nitrogens is 2. The molecule has 5 heteroatoms. The molecule has 1 aromatic carbocycles. The van der Waals surface area contributed by atoms with E-state index in [0.717, 1.165) is 21.7 Å². The van der Waals surface area contributed by atoms with Crippen LogP contribution in [0.4, 0.5) is 17.5 Å². The molecule has 0 spiro atoms. The topological polar surface area (TPSA) is 41.1 Å². The van der Waals surface area contributed by atoms with Gasteiger partial charge in [0.05, 0.1) is 5.39 Å². The first-order chi connectivity index (χ1) is 10.1. The van der Waals surface area contributed by atoms with Gasteiger partial charge in [-0.05, 0) is 48.6 Å². The van der Waals surface area contributed by atoms with Crippen molar-refractivity contribution in [2.45, 2.75) is 13.8 Å². The van der Waals surface area contributed by atoms with E-state index in [1.165, 1.54) is 11.1 Å². The van der Waals surface area contributed by atoms with Crippen LogP contribution in [-0.2, 0) is 0 Å². The summed E-state index contributed by atoms with van der Waals surface area (Å²) in [5, 5.41) is 6.17. The molecule has 0 aliphatic carbocycles. The zero-order chi connectivity index (χ0) is 15.0. The Labute approximate surface area is 128 Å². The first kappa shape index (κ1) is 13.8. The van der Waals surface area contributed by atoms with E-state index in [9.17, 15) is 0 Å². The van der Waals surface area contributed by atoms with Gasteiger partial charge in [0.1, 0.15) is 10.6 Å². The number of thiophene rings is 1. The maximum absolute atomic E-state index is 4.64. The van der Waals surface area contributed by atoms with Gasteiger partial charge in [-0.15, -0.1) is 11.3 Å². The number of hydrogen-bond donors (Lipinski definition) is 1. The summed E-state index contributed by atoms with van der Waals surface area (Å²) in [5.74, 6) is 1.58. The molecule has 0 bridgehead atoms. The highest BCUT2D eigenvalue weighted by atomic mass is 32.1. The maximum atomic E-state index is 4.64. The summed E-state index contributed by atoms with van der Waals surface area (Å²) in [5.41, 5.74) is 3.64. The number of aryl methyl sites for hydroxylation is 2. The van der Waals surface area contributed by atoms with Gasteiger partial charge in [0.15, 0.2) is 0 Å².